The first-order chi connectivity index (χ1) is 15.7. The van der Waals surface area contributed by atoms with E-state index in [2.05, 4.69) is 27.5 Å². The van der Waals surface area contributed by atoms with Crippen molar-refractivity contribution >= 4 is 16.8 Å². The molecule has 7 heteroatoms. The lowest BCUT2D eigenvalue weighted by Gasteiger charge is -2.28. The van der Waals surface area contributed by atoms with Crippen LogP contribution in [-0.4, -0.2) is 51.1 Å². The van der Waals surface area contributed by atoms with Crippen molar-refractivity contribution in [2.75, 3.05) is 13.2 Å². The summed E-state index contributed by atoms with van der Waals surface area (Å²) < 4.78 is 7.07. The molecule has 2 unspecified atom stereocenters. The van der Waals surface area contributed by atoms with Gasteiger partial charge >= 0.3 is 0 Å². The van der Waals surface area contributed by atoms with E-state index in [1.165, 1.54) is 0 Å². The van der Waals surface area contributed by atoms with Gasteiger partial charge in [0.2, 0.25) is 0 Å². The lowest BCUT2D eigenvalue weighted by molar-refractivity contribution is -0.0261. The molecule has 2 aromatic heterocycles. The Balaban J connectivity index is 1.42. The Morgan fingerprint density at radius 3 is 2.78 bits per heavy atom. The molecule has 7 nitrogen and oxygen atoms in total. The van der Waals surface area contributed by atoms with E-state index in [4.69, 9.17) is 4.74 Å². The monoisotopic (exact) mass is 428 g/mol. The number of aliphatic hydroxyl groups excluding tert-OH is 1. The average molecular weight is 428 g/mol. The highest BCUT2D eigenvalue weighted by molar-refractivity contribution is 5.96. The number of ether oxygens (including phenoxy) is 1. The molecule has 2 N–H and O–H groups in total. The van der Waals surface area contributed by atoms with E-state index >= 15 is 0 Å². The molecule has 1 amide bonds. The minimum atomic E-state index is -0.707. The Hall–Kier alpha value is -3.55. The molecule has 2 aromatic carbocycles. The highest BCUT2D eigenvalue weighted by Gasteiger charge is 2.26. The van der Waals surface area contributed by atoms with Crippen molar-refractivity contribution in [3.8, 4) is 5.69 Å². The lowest BCUT2D eigenvalue weighted by atomic mass is 9.99. The zero-order valence-electron chi connectivity index (χ0n) is 17.5. The van der Waals surface area contributed by atoms with Crippen molar-refractivity contribution in [2.45, 2.75) is 25.0 Å². The Kier molecular flexibility index (Phi) is 5.66. The van der Waals surface area contributed by atoms with Gasteiger partial charge in [-0.3, -0.25) is 4.79 Å². The molecular formula is C25H24N4O3. The topological polar surface area (TPSA) is 89.3 Å². The number of fused-ring (bicyclic) bond motifs is 1. The number of hydrogen-bond acceptors (Lipinski definition) is 5. The fourth-order valence-electron chi connectivity index (χ4n) is 4.05. The SMILES string of the molecule is O=C(NC1CCOCC1O)c1cc(Cc2ccc(-n3cccn3)cc2)c2ccccc2n1. The van der Waals surface area contributed by atoms with Gasteiger partial charge in [0.15, 0.2) is 0 Å². The first-order valence-corrected chi connectivity index (χ1v) is 10.7. The molecule has 0 aliphatic carbocycles. The van der Waals surface area contributed by atoms with Gasteiger partial charge in [0, 0.05) is 24.4 Å². The summed E-state index contributed by atoms with van der Waals surface area (Å²) in [5.74, 6) is -0.281. The number of benzene rings is 2. The number of carbonyl (C=O) groups is 1. The van der Waals surface area contributed by atoms with Gasteiger partial charge in [0.1, 0.15) is 5.69 Å². The number of nitrogens with one attached hydrogen (secondary N) is 1. The van der Waals surface area contributed by atoms with Crippen molar-refractivity contribution in [3.63, 3.8) is 0 Å². The van der Waals surface area contributed by atoms with Crippen molar-refractivity contribution in [1.29, 1.82) is 0 Å². The van der Waals surface area contributed by atoms with Gasteiger partial charge in [0.25, 0.3) is 5.91 Å². The largest absolute Gasteiger partial charge is 0.389 e. The molecule has 0 bridgehead atoms. The highest BCUT2D eigenvalue weighted by atomic mass is 16.5. The van der Waals surface area contributed by atoms with Gasteiger partial charge in [-0.25, -0.2) is 9.67 Å². The highest BCUT2D eigenvalue weighted by Crippen LogP contribution is 2.22. The summed E-state index contributed by atoms with van der Waals surface area (Å²) in [5, 5.41) is 18.3. The van der Waals surface area contributed by atoms with Crippen LogP contribution in [0.3, 0.4) is 0 Å². The summed E-state index contributed by atoms with van der Waals surface area (Å²) in [6.45, 7) is 0.753. The molecule has 1 aliphatic heterocycles. The van der Waals surface area contributed by atoms with Crippen molar-refractivity contribution in [2.24, 2.45) is 0 Å². The van der Waals surface area contributed by atoms with Crippen LogP contribution in [0.15, 0.2) is 73.1 Å². The van der Waals surface area contributed by atoms with Crippen LogP contribution < -0.4 is 5.32 Å². The normalized spacial score (nSPS) is 18.5. The number of pyridine rings is 1. The van der Waals surface area contributed by atoms with Crippen LogP contribution in [0.1, 0.15) is 28.0 Å². The van der Waals surface area contributed by atoms with E-state index in [1.807, 2.05) is 59.4 Å². The Morgan fingerprint density at radius 1 is 1.16 bits per heavy atom. The van der Waals surface area contributed by atoms with Crippen LogP contribution in [0.4, 0.5) is 0 Å². The predicted octanol–water partition coefficient (Wildman–Crippen LogP) is 2.89. The minimum absolute atomic E-state index is 0.232. The molecule has 0 saturated carbocycles. The lowest BCUT2D eigenvalue weighted by Crippen LogP contribution is -2.48. The van der Waals surface area contributed by atoms with E-state index in [0.29, 0.717) is 25.1 Å². The predicted molar refractivity (Wildman–Crippen MR) is 121 cm³/mol. The van der Waals surface area contributed by atoms with Crippen molar-refractivity contribution in [1.82, 2.24) is 20.1 Å². The molecule has 3 heterocycles. The number of hydrogen-bond donors (Lipinski definition) is 2. The third-order valence-corrected chi connectivity index (χ3v) is 5.78. The van der Waals surface area contributed by atoms with Crippen LogP contribution in [-0.2, 0) is 11.2 Å². The first kappa shape index (κ1) is 20.4. The zero-order chi connectivity index (χ0) is 21.9. The van der Waals surface area contributed by atoms with E-state index in [1.54, 1.807) is 6.20 Å². The maximum absolute atomic E-state index is 12.9. The number of amides is 1. The number of aliphatic hydroxyl groups is 1. The van der Waals surface area contributed by atoms with Crippen molar-refractivity contribution in [3.05, 3.63) is 89.9 Å². The van der Waals surface area contributed by atoms with Crippen molar-refractivity contribution < 1.29 is 14.6 Å². The van der Waals surface area contributed by atoms with Gasteiger partial charge in [-0.1, -0.05) is 30.3 Å². The van der Waals surface area contributed by atoms with Crippen LogP contribution >= 0.6 is 0 Å². The molecule has 0 spiro atoms. The van der Waals surface area contributed by atoms with Gasteiger partial charge in [-0.05, 0) is 54.3 Å². The second-order valence-electron chi connectivity index (χ2n) is 7.99. The molecule has 1 aliphatic rings. The van der Waals surface area contributed by atoms with Crippen LogP contribution in [0.25, 0.3) is 16.6 Å². The number of carbonyl (C=O) groups excluding carboxylic acids is 1. The average Bonchev–Trinajstić information content (AvgIpc) is 3.36. The van der Waals surface area contributed by atoms with Gasteiger partial charge in [-0.2, -0.15) is 5.10 Å². The minimum Gasteiger partial charge on any atom is -0.389 e. The van der Waals surface area contributed by atoms with Crippen LogP contribution in [0.2, 0.25) is 0 Å². The molecule has 2 atom stereocenters. The summed E-state index contributed by atoms with van der Waals surface area (Å²) in [6, 6.07) is 19.5. The van der Waals surface area contributed by atoms with E-state index in [-0.39, 0.29) is 18.6 Å². The summed E-state index contributed by atoms with van der Waals surface area (Å²) in [5.41, 5.74) is 4.28. The Labute approximate surface area is 185 Å². The van der Waals surface area contributed by atoms with E-state index < -0.39 is 6.10 Å². The summed E-state index contributed by atoms with van der Waals surface area (Å²) >= 11 is 0. The van der Waals surface area contributed by atoms with E-state index in [0.717, 1.165) is 27.7 Å². The maximum atomic E-state index is 12.9. The number of aromatic nitrogens is 3. The van der Waals surface area contributed by atoms with Gasteiger partial charge in [-0.15, -0.1) is 0 Å². The molecular weight excluding hydrogens is 404 g/mol. The quantitative estimate of drug-likeness (QED) is 0.510. The number of rotatable bonds is 5. The van der Waals surface area contributed by atoms with Crippen LogP contribution in [0.5, 0.6) is 0 Å². The molecule has 4 aromatic rings. The van der Waals surface area contributed by atoms with E-state index in [9.17, 15) is 9.90 Å². The van der Waals surface area contributed by atoms with Gasteiger partial charge in [0.05, 0.1) is 30.0 Å². The molecule has 1 saturated heterocycles. The molecule has 162 valence electrons. The maximum Gasteiger partial charge on any atom is 0.270 e. The first-order valence-electron chi connectivity index (χ1n) is 10.7. The Bertz CT molecular complexity index is 1220. The molecule has 32 heavy (non-hydrogen) atoms. The second-order valence-corrected chi connectivity index (χ2v) is 7.99. The number of para-hydroxylation sites is 1. The molecule has 5 rings (SSSR count). The smallest absolute Gasteiger partial charge is 0.270 e. The summed E-state index contributed by atoms with van der Waals surface area (Å²) in [4.78, 5) is 17.5. The number of nitrogens with zero attached hydrogens (tertiary/aromatic N) is 3. The Morgan fingerprint density at radius 2 is 2.00 bits per heavy atom. The fraction of sp³-hybridized carbons (Fsp3) is 0.240. The second kappa shape index (κ2) is 8.90. The van der Waals surface area contributed by atoms with Gasteiger partial charge < -0.3 is 15.2 Å². The molecule has 0 radical (unpaired) electrons. The third-order valence-electron chi connectivity index (χ3n) is 5.78. The third kappa shape index (κ3) is 4.26. The standard InChI is InChI=1S/C25H24N4O3/c30-24-16-32-13-10-22(24)28-25(31)23-15-18(20-4-1-2-5-21(20)27-23)14-17-6-8-19(9-7-17)29-12-3-11-26-29/h1-9,11-12,15,22,24,30H,10,13-14,16H2,(H,28,31). The fourth-order valence-corrected chi connectivity index (χ4v) is 4.05. The summed E-state index contributed by atoms with van der Waals surface area (Å²) in [6.07, 6.45) is 4.20. The molecule has 1 fully saturated rings. The summed E-state index contributed by atoms with van der Waals surface area (Å²) in [7, 11) is 0. The van der Waals surface area contributed by atoms with Crippen LogP contribution in [0, 0.1) is 0 Å². The zero-order valence-corrected chi connectivity index (χ0v) is 17.5.